The van der Waals surface area contributed by atoms with Crippen LogP contribution in [0.4, 0.5) is 0 Å². The molecule has 0 aromatic carbocycles. The van der Waals surface area contributed by atoms with Crippen LogP contribution in [0.1, 0.15) is 116 Å². The Labute approximate surface area is 196 Å². The average molecular weight is 462 g/mol. The van der Waals surface area contributed by atoms with E-state index in [0.717, 1.165) is 22.6 Å². The van der Waals surface area contributed by atoms with Crippen LogP contribution in [-0.2, 0) is 0 Å². The summed E-state index contributed by atoms with van der Waals surface area (Å²) in [5.74, 6) is 2.71. The molecule has 3 fully saturated rings. The standard InChI is InChI=1S/C28H49NP2/c1-5-13-25(14-6-1)30(26-15-7-2-8-16-26)23-21-29-22-24-31(27-17-9-3-10-18-27)28-19-11-4-12-20-28/h5,13,22,24-29H,1-4,6-12,14-21,23H2/b24-22+. The highest BCUT2D eigenvalue weighted by molar-refractivity contribution is 7.62. The molecule has 0 heterocycles. The zero-order valence-corrected chi connectivity index (χ0v) is 21.9. The minimum Gasteiger partial charge on any atom is -0.391 e. The molecule has 4 rings (SSSR count). The van der Waals surface area contributed by atoms with Gasteiger partial charge in [0.05, 0.1) is 0 Å². The molecule has 0 saturated heterocycles. The van der Waals surface area contributed by atoms with Gasteiger partial charge >= 0.3 is 0 Å². The molecule has 0 amide bonds. The van der Waals surface area contributed by atoms with Crippen molar-refractivity contribution in [3.8, 4) is 0 Å². The summed E-state index contributed by atoms with van der Waals surface area (Å²) in [6.45, 7) is 1.22. The zero-order chi connectivity index (χ0) is 21.1. The van der Waals surface area contributed by atoms with Gasteiger partial charge in [0.15, 0.2) is 0 Å². The lowest BCUT2D eigenvalue weighted by molar-refractivity contribution is 0.486. The summed E-state index contributed by atoms with van der Waals surface area (Å²) < 4.78 is 0. The number of rotatable bonds is 9. The molecular weight excluding hydrogens is 412 g/mol. The van der Waals surface area contributed by atoms with Gasteiger partial charge in [-0.1, -0.05) is 85.8 Å². The quantitative estimate of drug-likeness (QED) is 0.205. The molecule has 3 heteroatoms. The molecule has 176 valence electrons. The molecule has 4 aliphatic rings. The summed E-state index contributed by atoms with van der Waals surface area (Å²) in [5.41, 5.74) is 4.07. The summed E-state index contributed by atoms with van der Waals surface area (Å²) in [5, 5.41) is 3.83. The van der Waals surface area contributed by atoms with Crippen molar-refractivity contribution in [3.05, 3.63) is 24.2 Å². The maximum Gasteiger partial charge on any atom is 0.0181 e. The van der Waals surface area contributed by atoms with Crippen molar-refractivity contribution in [2.24, 2.45) is 0 Å². The van der Waals surface area contributed by atoms with Crippen molar-refractivity contribution in [1.29, 1.82) is 0 Å². The average Bonchev–Trinajstić information content (AvgIpc) is 2.86. The Balaban J connectivity index is 1.30. The van der Waals surface area contributed by atoms with E-state index in [1.54, 1.807) is 0 Å². The fourth-order valence-corrected chi connectivity index (χ4v) is 13.6. The van der Waals surface area contributed by atoms with Crippen LogP contribution in [0.15, 0.2) is 24.2 Å². The molecule has 0 radical (unpaired) electrons. The van der Waals surface area contributed by atoms with Crippen molar-refractivity contribution in [3.63, 3.8) is 0 Å². The minimum absolute atomic E-state index is 0.0979. The molecule has 3 saturated carbocycles. The monoisotopic (exact) mass is 461 g/mol. The Morgan fingerprint density at radius 3 is 1.81 bits per heavy atom. The number of allylic oxidation sites excluding steroid dienone is 2. The molecule has 0 aromatic heterocycles. The molecule has 31 heavy (non-hydrogen) atoms. The normalized spacial score (nSPS) is 28.4. The van der Waals surface area contributed by atoms with Gasteiger partial charge < -0.3 is 5.32 Å². The van der Waals surface area contributed by atoms with E-state index in [0.29, 0.717) is 0 Å². The molecule has 0 bridgehead atoms. The third-order valence-electron chi connectivity index (χ3n) is 8.57. The predicted octanol–water partition coefficient (Wildman–Crippen LogP) is 9.12. The van der Waals surface area contributed by atoms with E-state index in [1.165, 1.54) is 128 Å². The topological polar surface area (TPSA) is 12.0 Å². The lowest BCUT2D eigenvalue weighted by Crippen LogP contribution is -2.23. The first kappa shape index (κ1) is 24.3. The second-order valence-corrected chi connectivity index (χ2v) is 16.3. The van der Waals surface area contributed by atoms with Gasteiger partial charge in [-0.25, -0.2) is 0 Å². The van der Waals surface area contributed by atoms with Gasteiger partial charge in [0, 0.05) is 6.54 Å². The van der Waals surface area contributed by atoms with E-state index in [-0.39, 0.29) is 15.8 Å². The van der Waals surface area contributed by atoms with E-state index in [4.69, 9.17) is 0 Å². The Kier molecular flexibility index (Phi) is 10.8. The van der Waals surface area contributed by atoms with Crippen molar-refractivity contribution in [1.82, 2.24) is 5.32 Å². The second-order valence-electron chi connectivity index (χ2n) is 10.8. The van der Waals surface area contributed by atoms with E-state index in [2.05, 4.69) is 29.5 Å². The summed E-state index contributed by atoms with van der Waals surface area (Å²) in [4.78, 5) is 0. The van der Waals surface area contributed by atoms with Crippen LogP contribution in [0.5, 0.6) is 0 Å². The highest BCUT2D eigenvalue weighted by Crippen LogP contribution is 2.57. The van der Waals surface area contributed by atoms with Crippen molar-refractivity contribution in [2.45, 2.75) is 138 Å². The van der Waals surface area contributed by atoms with Gasteiger partial charge in [-0.05, 0) is 98.6 Å². The fourth-order valence-electron chi connectivity index (χ4n) is 6.82. The Bertz CT molecular complexity index is 523. The summed E-state index contributed by atoms with van der Waals surface area (Å²) >= 11 is 0. The van der Waals surface area contributed by atoms with E-state index in [9.17, 15) is 0 Å². The van der Waals surface area contributed by atoms with Gasteiger partial charge in [-0.2, -0.15) is 0 Å². The first-order valence-corrected chi connectivity index (χ1v) is 17.2. The van der Waals surface area contributed by atoms with Gasteiger partial charge in [-0.15, -0.1) is 0 Å². The molecular formula is C28H49NP2. The highest BCUT2D eigenvalue weighted by atomic mass is 31.1. The lowest BCUT2D eigenvalue weighted by atomic mass is 9.99. The first-order valence-electron chi connectivity index (χ1n) is 14.0. The smallest absolute Gasteiger partial charge is 0.0181 e. The summed E-state index contributed by atoms with van der Waals surface area (Å²) in [6, 6.07) is 0. The van der Waals surface area contributed by atoms with Crippen LogP contribution in [0.3, 0.4) is 0 Å². The molecule has 2 atom stereocenters. The zero-order valence-electron chi connectivity index (χ0n) is 20.2. The van der Waals surface area contributed by atoms with Crippen LogP contribution in [0, 0.1) is 0 Å². The minimum atomic E-state index is 0.0979. The van der Waals surface area contributed by atoms with Gasteiger partial charge in [0.25, 0.3) is 0 Å². The highest BCUT2D eigenvalue weighted by Gasteiger charge is 2.30. The Morgan fingerprint density at radius 1 is 0.677 bits per heavy atom. The second kappa shape index (κ2) is 13.8. The van der Waals surface area contributed by atoms with Crippen molar-refractivity contribution in [2.75, 3.05) is 12.7 Å². The predicted molar refractivity (Wildman–Crippen MR) is 143 cm³/mol. The fraction of sp³-hybridized carbons (Fsp3) is 0.857. The summed E-state index contributed by atoms with van der Waals surface area (Å²) in [7, 11) is 0.267. The van der Waals surface area contributed by atoms with Crippen molar-refractivity contribution >= 4 is 15.8 Å². The van der Waals surface area contributed by atoms with Gasteiger partial charge in [0.2, 0.25) is 0 Å². The molecule has 1 N–H and O–H groups in total. The maximum atomic E-state index is 3.83. The third-order valence-corrected chi connectivity index (χ3v) is 15.3. The van der Waals surface area contributed by atoms with Crippen LogP contribution < -0.4 is 5.32 Å². The Morgan fingerprint density at radius 2 is 1.26 bits per heavy atom. The number of nitrogens with one attached hydrogen (secondary N) is 1. The molecule has 0 spiro atoms. The Hall–Kier alpha value is 0.140. The number of hydrogen-bond acceptors (Lipinski definition) is 1. The van der Waals surface area contributed by atoms with Crippen LogP contribution in [0.25, 0.3) is 0 Å². The van der Waals surface area contributed by atoms with Crippen LogP contribution in [-0.4, -0.2) is 35.3 Å². The molecule has 1 nitrogen and oxygen atoms in total. The first-order chi connectivity index (χ1) is 15.4. The molecule has 0 aromatic rings. The van der Waals surface area contributed by atoms with E-state index < -0.39 is 0 Å². The largest absolute Gasteiger partial charge is 0.391 e. The molecule has 2 unspecified atom stereocenters. The van der Waals surface area contributed by atoms with Gasteiger partial charge in [-0.3, -0.25) is 0 Å². The SMILES string of the molecule is C1=CC(P(CCN/C=C/P(C2CCCCC2)C2CCCCC2)C2CCCCC2)CCC1. The van der Waals surface area contributed by atoms with E-state index >= 15 is 0 Å². The molecule has 0 aliphatic heterocycles. The van der Waals surface area contributed by atoms with Gasteiger partial charge in [0.1, 0.15) is 0 Å². The van der Waals surface area contributed by atoms with Crippen LogP contribution >= 0.6 is 15.8 Å². The molecule has 4 aliphatic carbocycles. The lowest BCUT2D eigenvalue weighted by Gasteiger charge is -2.37. The third kappa shape index (κ3) is 7.57. The van der Waals surface area contributed by atoms with E-state index in [1.807, 2.05) is 0 Å². The maximum absolute atomic E-state index is 3.83. The number of hydrogen-bond donors (Lipinski definition) is 1. The van der Waals surface area contributed by atoms with Crippen molar-refractivity contribution < 1.29 is 0 Å². The van der Waals surface area contributed by atoms with Crippen LogP contribution in [0.2, 0.25) is 0 Å². The summed E-state index contributed by atoms with van der Waals surface area (Å²) in [6.07, 6.45) is 35.9.